The average Bonchev–Trinajstić information content (AvgIpc) is 3.02. The SMILES string of the molecule is COC(=O)C1=COCC2C(/C=C\c3ccc([N+](=O)[O-])cc3)=CCC12. The molecule has 0 aromatic heterocycles. The van der Waals surface area contributed by atoms with Crippen LogP contribution in [0, 0.1) is 22.0 Å². The monoisotopic (exact) mass is 327 g/mol. The molecule has 0 radical (unpaired) electrons. The van der Waals surface area contributed by atoms with Crippen molar-refractivity contribution in [3.05, 3.63) is 69.5 Å². The van der Waals surface area contributed by atoms with Crippen LogP contribution in [0.5, 0.6) is 0 Å². The fraction of sp³-hybridized carbons (Fsp3) is 0.278. The summed E-state index contributed by atoms with van der Waals surface area (Å²) in [5, 5.41) is 10.7. The second kappa shape index (κ2) is 6.70. The van der Waals surface area contributed by atoms with Gasteiger partial charge in [0.05, 0.1) is 30.5 Å². The van der Waals surface area contributed by atoms with Gasteiger partial charge in [0.2, 0.25) is 0 Å². The van der Waals surface area contributed by atoms with Crippen molar-refractivity contribution in [3.8, 4) is 0 Å². The third kappa shape index (κ3) is 3.08. The molecule has 6 nitrogen and oxygen atoms in total. The molecule has 0 N–H and O–H groups in total. The van der Waals surface area contributed by atoms with Crippen LogP contribution in [-0.4, -0.2) is 24.6 Å². The summed E-state index contributed by atoms with van der Waals surface area (Å²) in [5.41, 5.74) is 2.63. The van der Waals surface area contributed by atoms with Crippen LogP contribution in [0.2, 0.25) is 0 Å². The normalized spacial score (nSPS) is 22.4. The van der Waals surface area contributed by atoms with Crippen LogP contribution >= 0.6 is 0 Å². The van der Waals surface area contributed by atoms with E-state index >= 15 is 0 Å². The number of methoxy groups -OCH3 is 1. The summed E-state index contributed by atoms with van der Waals surface area (Å²) >= 11 is 0. The lowest BCUT2D eigenvalue weighted by atomic mass is 9.84. The van der Waals surface area contributed by atoms with E-state index in [0.29, 0.717) is 12.2 Å². The number of fused-ring (bicyclic) bond motifs is 1. The number of nitro groups is 1. The first-order chi connectivity index (χ1) is 11.6. The fourth-order valence-corrected chi connectivity index (χ4v) is 3.10. The van der Waals surface area contributed by atoms with Gasteiger partial charge in [-0.3, -0.25) is 10.1 Å². The van der Waals surface area contributed by atoms with Gasteiger partial charge in [0.15, 0.2) is 0 Å². The summed E-state index contributed by atoms with van der Waals surface area (Å²) in [7, 11) is 1.37. The van der Waals surface area contributed by atoms with Crippen molar-refractivity contribution in [1.29, 1.82) is 0 Å². The quantitative estimate of drug-likeness (QED) is 0.482. The molecule has 1 heterocycles. The van der Waals surface area contributed by atoms with Gasteiger partial charge in [-0.15, -0.1) is 0 Å². The maximum atomic E-state index is 11.8. The van der Waals surface area contributed by atoms with Crippen LogP contribution in [-0.2, 0) is 14.3 Å². The Morgan fingerprint density at radius 2 is 2.04 bits per heavy atom. The predicted molar refractivity (Wildman–Crippen MR) is 87.9 cm³/mol. The smallest absolute Gasteiger partial charge is 0.337 e. The van der Waals surface area contributed by atoms with Gasteiger partial charge in [0.1, 0.15) is 0 Å². The molecule has 6 heteroatoms. The van der Waals surface area contributed by atoms with E-state index in [1.165, 1.54) is 25.5 Å². The Hall–Kier alpha value is -2.89. The lowest BCUT2D eigenvalue weighted by molar-refractivity contribution is -0.384. The van der Waals surface area contributed by atoms with E-state index in [1.54, 1.807) is 12.1 Å². The Balaban J connectivity index is 1.72. The molecule has 1 aliphatic heterocycles. The number of carbonyl (C=O) groups is 1. The van der Waals surface area contributed by atoms with Crippen LogP contribution in [0.25, 0.3) is 6.08 Å². The molecular weight excluding hydrogens is 310 g/mol. The van der Waals surface area contributed by atoms with Crippen molar-refractivity contribution in [2.24, 2.45) is 11.8 Å². The van der Waals surface area contributed by atoms with E-state index < -0.39 is 4.92 Å². The molecule has 2 unspecified atom stereocenters. The highest BCUT2D eigenvalue weighted by molar-refractivity contribution is 5.89. The minimum Gasteiger partial charge on any atom is -0.500 e. The van der Waals surface area contributed by atoms with Crippen LogP contribution in [0.15, 0.2) is 53.8 Å². The maximum Gasteiger partial charge on any atom is 0.337 e. The molecule has 1 aromatic carbocycles. The lowest BCUT2D eigenvalue weighted by Gasteiger charge is -2.27. The Labute approximate surface area is 139 Å². The largest absolute Gasteiger partial charge is 0.500 e. The van der Waals surface area contributed by atoms with E-state index in [9.17, 15) is 14.9 Å². The summed E-state index contributed by atoms with van der Waals surface area (Å²) in [4.78, 5) is 22.1. The number of benzene rings is 1. The Morgan fingerprint density at radius 1 is 1.29 bits per heavy atom. The molecule has 2 atom stereocenters. The van der Waals surface area contributed by atoms with E-state index in [1.807, 2.05) is 12.2 Å². The molecule has 24 heavy (non-hydrogen) atoms. The van der Waals surface area contributed by atoms with Crippen molar-refractivity contribution in [1.82, 2.24) is 0 Å². The van der Waals surface area contributed by atoms with E-state index in [0.717, 1.165) is 17.6 Å². The number of nitrogens with zero attached hydrogens (tertiary/aromatic N) is 1. The van der Waals surface area contributed by atoms with Gasteiger partial charge in [-0.25, -0.2) is 4.79 Å². The van der Waals surface area contributed by atoms with Crippen molar-refractivity contribution >= 4 is 17.7 Å². The predicted octanol–water partition coefficient (Wildman–Crippen LogP) is 3.26. The number of esters is 1. The molecular formula is C18H17NO5. The molecule has 1 aromatic rings. The Kier molecular flexibility index (Phi) is 4.46. The molecule has 0 fully saturated rings. The van der Waals surface area contributed by atoms with Crippen LogP contribution < -0.4 is 0 Å². The zero-order valence-electron chi connectivity index (χ0n) is 13.2. The summed E-state index contributed by atoms with van der Waals surface area (Å²) < 4.78 is 10.2. The zero-order chi connectivity index (χ0) is 17.1. The highest BCUT2D eigenvalue weighted by atomic mass is 16.6. The molecule has 3 rings (SSSR count). The highest BCUT2D eigenvalue weighted by Gasteiger charge is 2.37. The summed E-state index contributed by atoms with van der Waals surface area (Å²) in [6.45, 7) is 0.529. The van der Waals surface area contributed by atoms with Crippen molar-refractivity contribution < 1.29 is 19.2 Å². The third-order valence-electron chi connectivity index (χ3n) is 4.40. The van der Waals surface area contributed by atoms with Crippen LogP contribution in [0.4, 0.5) is 5.69 Å². The highest BCUT2D eigenvalue weighted by Crippen LogP contribution is 2.40. The molecule has 0 spiro atoms. The first-order valence-corrected chi connectivity index (χ1v) is 7.62. The number of allylic oxidation sites excluding steroid dienone is 2. The number of hydrogen-bond donors (Lipinski definition) is 0. The summed E-state index contributed by atoms with van der Waals surface area (Å²) in [6, 6.07) is 6.37. The number of ether oxygens (including phenoxy) is 2. The lowest BCUT2D eigenvalue weighted by Crippen LogP contribution is -2.27. The number of nitro benzene ring substituents is 1. The van der Waals surface area contributed by atoms with Gasteiger partial charge >= 0.3 is 5.97 Å². The van der Waals surface area contributed by atoms with Gasteiger partial charge in [-0.2, -0.15) is 0 Å². The van der Waals surface area contributed by atoms with Gasteiger partial charge < -0.3 is 9.47 Å². The fourth-order valence-electron chi connectivity index (χ4n) is 3.10. The summed E-state index contributed by atoms with van der Waals surface area (Å²) in [6.07, 6.45) is 8.27. The second-order valence-corrected chi connectivity index (χ2v) is 5.73. The number of carbonyl (C=O) groups excluding carboxylic acids is 1. The first kappa shape index (κ1) is 16.0. The van der Waals surface area contributed by atoms with Crippen LogP contribution in [0.1, 0.15) is 12.0 Å². The van der Waals surface area contributed by atoms with E-state index in [-0.39, 0.29) is 23.5 Å². The minimum absolute atomic E-state index is 0.0702. The van der Waals surface area contributed by atoms with E-state index in [4.69, 9.17) is 9.47 Å². The summed E-state index contributed by atoms with van der Waals surface area (Å²) in [5.74, 6) is -0.139. The molecule has 124 valence electrons. The topological polar surface area (TPSA) is 78.7 Å². The molecule has 0 bridgehead atoms. The minimum atomic E-state index is -0.419. The van der Waals surface area contributed by atoms with Gasteiger partial charge in [-0.05, 0) is 29.7 Å². The Bertz CT molecular complexity index is 745. The van der Waals surface area contributed by atoms with Crippen molar-refractivity contribution in [2.45, 2.75) is 6.42 Å². The molecule has 0 saturated carbocycles. The number of rotatable bonds is 4. The maximum absolute atomic E-state index is 11.8. The van der Waals surface area contributed by atoms with Crippen molar-refractivity contribution in [3.63, 3.8) is 0 Å². The number of non-ortho nitro benzene ring substituents is 1. The molecule has 0 saturated heterocycles. The first-order valence-electron chi connectivity index (χ1n) is 7.62. The molecule has 0 amide bonds. The third-order valence-corrected chi connectivity index (χ3v) is 4.40. The number of hydrogen-bond acceptors (Lipinski definition) is 5. The van der Waals surface area contributed by atoms with Gasteiger partial charge in [0, 0.05) is 24.0 Å². The van der Waals surface area contributed by atoms with Crippen LogP contribution in [0.3, 0.4) is 0 Å². The van der Waals surface area contributed by atoms with Gasteiger partial charge in [-0.1, -0.05) is 18.2 Å². The standard InChI is InChI=1S/C18H17NO5/c1-23-18(20)17-11-24-10-16-13(6-9-15(16)17)5-2-12-3-7-14(8-4-12)19(21)22/h2-8,11,15-16H,9-10H2,1H3/b5-2-. The van der Waals surface area contributed by atoms with E-state index in [2.05, 4.69) is 6.08 Å². The average molecular weight is 327 g/mol. The Morgan fingerprint density at radius 3 is 2.71 bits per heavy atom. The molecule has 2 aliphatic rings. The molecule has 1 aliphatic carbocycles. The zero-order valence-corrected chi connectivity index (χ0v) is 13.2. The second-order valence-electron chi connectivity index (χ2n) is 5.73. The van der Waals surface area contributed by atoms with Gasteiger partial charge in [0.25, 0.3) is 5.69 Å². The van der Waals surface area contributed by atoms with Crippen molar-refractivity contribution in [2.75, 3.05) is 13.7 Å².